The largest absolute Gasteiger partial charge is 0.469 e. The van der Waals surface area contributed by atoms with E-state index >= 15 is 0 Å². The van der Waals surface area contributed by atoms with Gasteiger partial charge in [0.2, 0.25) is 0 Å². The van der Waals surface area contributed by atoms with Crippen LogP contribution in [0.3, 0.4) is 0 Å². The highest BCUT2D eigenvalue weighted by Crippen LogP contribution is 2.30. The van der Waals surface area contributed by atoms with Crippen molar-refractivity contribution in [2.24, 2.45) is 5.92 Å². The minimum absolute atomic E-state index is 0.0406. The van der Waals surface area contributed by atoms with Crippen LogP contribution in [0.4, 0.5) is 13.2 Å². The second-order valence-corrected chi connectivity index (χ2v) is 6.38. The summed E-state index contributed by atoms with van der Waals surface area (Å²) in [6.07, 6.45) is 3.54. The number of carbonyl (C=O) groups is 2. The van der Waals surface area contributed by atoms with Gasteiger partial charge < -0.3 is 9.64 Å². The third-order valence-electron chi connectivity index (χ3n) is 4.78. The number of methoxy groups -OCH3 is 1. The van der Waals surface area contributed by atoms with Crippen molar-refractivity contribution in [2.75, 3.05) is 13.7 Å². The third-order valence-corrected chi connectivity index (χ3v) is 4.78. The Hall–Kier alpha value is -2.05. The molecule has 1 amide bonds. The molecule has 0 bridgehead atoms. The van der Waals surface area contributed by atoms with Crippen LogP contribution < -0.4 is 0 Å². The highest BCUT2D eigenvalue weighted by molar-refractivity contribution is 5.95. The number of ether oxygens (including phenoxy) is 1. The van der Waals surface area contributed by atoms with Gasteiger partial charge in [0.1, 0.15) is 0 Å². The third kappa shape index (κ3) is 4.32. The Kier molecular flexibility index (Phi) is 6.45. The van der Waals surface area contributed by atoms with Crippen LogP contribution >= 0.6 is 0 Å². The maximum atomic E-state index is 14.0. The van der Waals surface area contributed by atoms with Gasteiger partial charge in [0.15, 0.2) is 17.5 Å². The highest BCUT2D eigenvalue weighted by atomic mass is 19.2. The highest BCUT2D eigenvalue weighted by Gasteiger charge is 2.33. The fourth-order valence-electron chi connectivity index (χ4n) is 3.34. The Morgan fingerprint density at radius 2 is 1.84 bits per heavy atom. The molecule has 1 fully saturated rings. The van der Waals surface area contributed by atoms with Crippen LogP contribution in [0.25, 0.3) is 0 Å². The second kappa shape index (κ2) is 8.36. The predicted molar refractivity (Wildman–Crippen MR) is 85.4 cm³/mol. The van der Waals surface area contributed by atoms with Gasteiger partial charge in [-0.15, -0.1) is 0 Å². The van der Waals surface area contributed by atoms with Gasteiger partial charge in [0.25, 0.3) is 5.91 Å². The normalized spacial score (nSPS) is 20.2. The Morgan fingerprint density at radius 1 is 1.16 bits per heavy atom. The van der Waals surface area contributed by atoms with Crippen molar-refractivity contribution in [1.29, 1.82) is 0 Å². The summed E-state index contributed by atoms with van der Waals surface area (Å²) < 4.78 is 45.3. The summed E-state index contributed by atoms with van der Waals surface area (Å²) in [5, 5.41) is 0. The molecule has 7 heteroatoms. The zero-order valence-electron chi connectivity index (χ0n) is 14.4. The molecule has 2 unspecified atom stereocenters. The van der Waals surface area contributed by atoms with Crippen molar-refractivity contribution < 1.29 is 27.5 Å². The number of rotatable bonds is 5. The number of amides is 1. The minimum Gasteiger partial charge on any atom is -0.469 e. The number of nitrogens with zero attached hydrogens (tertiary/aromatic N) is 1. The average Bonchev–Trinajstić information content (AvgIpc) is 2.61. The molecule has 2 atom stereocenters. The zero-order chi connectivity index (χ0) is 18.6. The van der Waals surface area contributed by atoms with Gasteiger partial charge in [0, 0.05) is 12.6 Å². The SMILES string of the molecule is COC(=O)CCN(C(=O)c1ccc(F)c(F)c1F)C1CCCCC1C. The Morgan fingerprint density at radius 3 is 2.48 bits per heavy atom. The van der Waals surface area contributed by atoms with Gasteiger partial charge in [-0.2, -0.15) is 0 Å². The van der Waals surface area contributed by atoms with E-state index in [1.165, 1.54) is 12.0 Å². The zero-order valence-corrected chi connectivity index (χ0v) is 14.4. The molecule has 0 N–H and O–H groups in total. The molecule has 0 radical (unpaired) electrons. The molecule has 1 aliphatic rings. The molecule has 0 saturated heterocycles. The Bertz CT molecular complexity index is 651. The first-order valence-corrected chi connectivity index (χ1v) is 8.38. The molecule has 0 spiro atoms. The fourth-order valence-corrected chi connectivity index (χ4v) is 3.34. The van der Waals surface area contributed by atoms with Crippen LogP contribution in [0.15, 0.2) is 12.1 Å². The number of benzene rings is 1. The summed E-state index contributed by atoms with van der Waals surface area (Å²) >= 11 is 0. The standard InChI is InChI=1S/C18H22F3NO3/c1-11-5-3-4-6-14(11)22(10-9-15(23)25-2)18(24)12-7-8-13(19)17(21)16(12)20/h7-8,11,14H,3-6,9-10H2,1-2H3. The Labute approximate surface area is 144 Å². The smallest absolute Gasteiger partial charge is 0.307 e. The number of halogens is 3. The predicted octanol–water partition coefficient (Wildman–Crippen LogP) is 3.69. The molecule has 1 aliphatic carbocycles. The van der Waals surface area contributed by atoms with Gasteiger partial charge in [-0.3, -0.25) is 9.59 Å². The molecule has 1 aromatic rings. The lowest BCUT2D eigenvalue weighted by Gasteiger charge is -2.38. The van der Waals surface area contributed by atoms with Gasteiger partial charge in [0.05, 0.1) is 19.1 Å². The summed E-state index contributed by atoms with van der Waals surface area (Å²) in [5.74, 6) is -5.58. The van der Waals surface area contributed by atoms with Crippen LogP contribution in [-0.2, 0) is 9.53 Å². The minimum atomic E-state index is -1.67. The molecule has 2 rings (SSSR count). The molecule has 25 heavy (non-hydrogen) atoms. The van der Waals surface area contributed by atoms with E-state index in [-0.39, 0.29) is 24.9 Å². The molecule has 4 nitrogen and oxygen atoms in total. The first kappa shape index (κ1) is 19.3. The van der Waals surface area contributed by atoms with Gasteiger partial charge in [-0.05, 0) is 30.9 Å². The van der Waals surface area contributed by atoms with Crippen molar-refractivity contribution in [1.82, 2.24) is 4.90 Å². The molecule has 0 aliphatic heterocycles. The van der Waals surface area contributed by atoms with Crippen molar-refractivity contribution >= 4 is 11.9 Å². The fraction of sp³-hybridized carbons (Fsp3) is 0.556. The first-order chi connectivity index (χ1) is 11.9. The lowest BCUT2D eigenvalue weighted by atomic mass is 9.84. The van der Waals surface area contributed by atoms with Crippen LogP contribution in [0.1, 0.15) is 49.4 Å². The maximum absolute atomic E-state index is 14.0. The number of hydrogen-bond donors (Lipinski definition) is 0. The number of esters is 1. The van der Waals surface area contributed by atoms with Gasteiger partial charge in [-0.25, -0.2) is 13.2 Å². The maximum Gasteiger partial charge on any atom is 0.307 e. The van der Waals surface area contributed by atoms with Crippen molar-refractivity contribution in [2.45, 2.75) is 45.1 Å². The van der Waals surface area contributed by atoms with E-state index in [1.54, 1.807) is 0 Å². The van der Waals surface area contributed by atoms with E-state index in [0.717, 1.165) is 37.8 Å². The lowest BCUT2D eigenvalue weighted by Crippen LogP contribution is -2.46. The molecular formula is C18H22F3NO3. The van der Waals surface area contributed by atoms with Crippen LogP contribution in [0.2, 0.25) is 0 Å². The second-order valence-electron chi connectivity index (χ2n) is 6.38. The molecule has 1 aromatic carbocycles. The monoisotopic (exact) mass is 357 g/mol. The van der Waals surface area contributed by atoms with Crippen LogP contribution in [-0.4, -0.2) is 36.5 Å². The summed E-state index contributed by atoms with van der Waals surface area (Å²) in [7, 11) is 1.24. The van der Waals surface area contributed by atoms with Crippen molar-refractivity contribution in [3.05, 3.63) is 35.1 Å². The topological polar surface area (TPSA) is 46.6 Å². The van der Waals surface area contributed by atoms with Gasteiger partial charge >= 0.3 is 5.97 Å². The summed E-state index contributed by atoms with van der Waals surface area (Å²) in [6.45, 7) is 2.03. The van der Waals surface area contributed by atoms with E-state index in [2.05, 4.69) is 4.74 Å². The van der Waals surface area contributed by atoms with E-state index < -0.39 is 34.9 Å². The van der Waals surface area contributed by atoms with E-state index in [0.29, 0.717) is 0 Å². The van der Waals surface area contributed by atoms with Crippen LogP contribution in [0, 0.1) is 23.4 Å². The van der Waals surface area contributed by atoms with Gasteiger partial charge in [-0.1, -0.05) is 19.8 Å². The molecule has 0 aromatic heterocycles. The van der Waals surface area contributed by atoms with E-state index in [1.807, 2.05) is 6.92 Å². The molecule has 0 heterocycles. The number of hydrogen-bond acceptors (Lipinski definition) is 3. The average molecular weight is 357 g/mol. The molecule has 1 saturated carbocycles. The quantitative estimate of drug-likeness (QED) is 0.596. The van der Waals surface area contributed by atoms with Crippen molar-refractivity contribution in [3.63, 3.8) is 0 Å². The molecule has 138 valence electrons. The molecular weight excluding hydrogens is 335 g/mol. The Balaban J connectivity index is 2.31. The summed E-state index contributed by atoms with van der Waals surface area (Å²) in [5.41, 5.74) is -0.526. The van der Waals surface area contributed by atoms with Crippen molar-refractivity contribution in [3.8, 4) is 0 Å². The summed E-state index contributed by atoms with van der Waals surface area (Å²) in [4.78, 5) is 25.7. The number of carbonyl (C=O) groups excluding carboxylic acids is 2. The van der Waals surface area contributed by atoms with Crippen LogP contribution in [0.5, 0.6) is 0 Å². The van der Waals surface area contributed by atoms with E-state index in [9.17, 15) is 22.8 Å². The lowest BCUT2D eigenvalue weighted by molar-refractivity contribution is -0.141. The van der Waals surface area contributed by atoms with E-state index in [4.69, 9.17) is 0 Å². The first-order valence-electron chi connectivity index (χ1n) is 8.38. The summed E-state index contributed by atoms with van der Waals surface area (Å²) in [6, 6.07) is 1.49.